The van der Waals surface area contributed by atoms with Crippen LogP contribution in [0.3, 0.4) is 0 Å². The van der Waals surface area contributed by atoms with Crippen LogP contribution in [-0.4, -0.2) is 50.1 Å². The lowest BCUT2D eigenvalue weighted by Gasteiger charge is -2.31. The quantitative estimate of drug-likeness (QED) is 0.0595. The van der Waals surface area contributed by atoms with Crippen molar-refractivity contribution >= 4 is 0 Å². The number of unbranched alkanes of at least 4 members (excludes halogenated alkanes) is 25. The zero-order chi connectivity index (χ0) is 35.2. The van der Waals surface area contributed by atoms with E-state index in [0.29, 0.717) is 0 Å². The summed E-state index contributed by atoms with van der Waals surface area (Å²) in [7, 11) is 4.40. The van der Waals surface area contributed by atoms with Crippen molar-refractivity contribution in [3.63, 3.8) is 0 Å². The van der Waals surface area contributed by atoms with Crippen LogP contribution in [0, 0.1) is 11.8 Å². The van der Waals surface area contributed by atoms with E-state index in [-0.39, 0.29) is 0 Å². The summed E-state index contributed by atoms with van der Waals surface area (Å²) in [6, 6.07) is 0. The fourth-order valence-corrected chi connectivity index (χ4v) is 7.97. The van der Waals surface area contributed by atoms with Gasteiger partial charge in [-0.3, -0.25) is 0 Å². The maximum atomic E-state index is 3.04. The molecule has 0 aromatic heterocycles. The molecule has 0 fully saturated rings. The Morgan fingerprint density at radius 2 is 0.542 bits per heavy atom. The Bertz CT molecular complexity index is 540. The van der Waals surface area contributed by atoms with Crippen LogP contribution in [-0.2, 0) is 0 Å². The third kappa shape index (κ3) is 35.7. The molecule has 0 aliphatic heterocycles. The smallest absolute Gasteiger partial charge is 0.000977 e. The monoisotopic (exact) mass is 677 g/mol. The van der Waals surface area contributed by atoms with Gasteiger partial charge in [-0.2, -0.15) is 0 Å². The molecule has 0 spiro atoms. The van der Waals surface area contributed by atoms with Gasteiger partial charge in [0.1, 0.15) is 0 Å². The van der Waals surface area contributed by atoms with Crippen LogP contribution in [0.25, 0.3) is 0 Å². The second-order valence-electron chi connectivity index (χ2n) is 16.6. The van der Waals surface area contributed by atoms with Gasteiger partial charge in [0.25, 0.3) is 0 Å². The highest BCUT2D eigenvalue weighted by Crippen LogP contribution is 2.25. The topological polar surface area (TPSA) is 6.48 Å². The van der Waals surface area contributed by atoms with Crippen LogP contribution < -0.4 is 0 Å². The Hall–Kier alpha value is -0.0800. The molecule has 0 aliphatic rings. The molecule has 0 heterocycles. The van der Waals surface area contributed by atoms with Crippen LogP contribution in [0.4, 0.5) is 0 Å². The Labute approximate surface area is 307 Å². The fraction of sp³-hybridized carbons (Fsp3) is 1.00. The average molecular weight is 677 g/mol. The van der Waals surface area contributed by atoms with Crippen LogP contribution in [0.15, 0.2) is 0 Å². The zero-order valence-electron chi connectivity index (χ0n) is 34.9. The molecule has 0 aliphatic carbocycles. The molecule has 0 radical (unpaired) electrons. The molecule has 2 nitrogen and oxygen atoms in total. The summed E-state index contributed by atoms with van der Waals surface area (Å²) in [6.45, 7) is 14.9. The highest BCUT2D eigenvalue weighted by Gasteiger charge is 2.19. The number of rotatable bonds is 41. The first kappa shape index (κ1) is 47.9. The van der Waals surface area contributed by atoms with Crippen molar-refractivity contribution in [1.82, 2.24) is 9.80 Å². The minimum atomic E-state index is 0.931. The van der Waals surface area contributed by atoms with Crippen LogP contribution in [0.2, 0.25) is 0 Å². The molecular weight excluding hydrogens is 581 g/mol. The van der Waals surface area contributed by atoms with Gasteiger partial charge in [0, 0.05) is 13.1 Å². The highest BCUT2D eigenvalue weighted by molar-refractivity contribution is 4.73. The minimum absolute atomic E-state index is 0.931. The molecule has 2 heteroatoms. The SMILES string of the molecule is CCCCCCCCC(CCCCCC)CN(CCCCCCCCCCCCN(C)C)CC(CCCCCC)CCCCCCCC. The lowest BCUT2D eigenvalue weighted by molar-refractivity contribution is 0.170. The van der Waals surface area contributed by atoms with Gasteiger partial charge < -0.3 is 9.80 Å². The molecule has 0 N–H and O–H groups in total. The van der Waals surface area contributed by atoms with Crippen LogP contribution in [0.1, 0.15) is 246 Å². The molecule has 290 valence electrons. The summed E-state index contributed by atoms with van der Waals surface area (Å²) in [5, 5.41) is 0. The number of hydrogen-bond acceptors (Lipinski definition) is 2. The van der Waals surface area contributed by atoms with Crippen molar-refractivity contribution in [3.8, 4) is 0 Å². The summed E-state index contributed by atoms with van der Waals surface area (Å²) >= 11 is 0. The van der Waals surface area contributed by atoms with Crippen molar-refractivity contribution in [1.29, 1.82) is 0 Å². The first-order valence-electron chi connectivity index (χ1n) is 22.9. The molecule has 0 saturated heterocycles. The van der Waals surface area contributed by atoms with Gasteiger partial charge in [-0.25, -0.2) is 0 Å². The highest BCUT2D eigenvalue weighted by atomic mass is 15.1. The standard InChI is InChI=1S/C46H96N2/c1-7-11-15-19-27-33-39-45(37-31-17-13-9-3)43-48(42-36-30-26-24-22-21-23-25-29-35-41-47(5)6)44-46(38-32-18-14-10-4)40-34-28-20-16-12-8-2/h45-46H,7-44H2,1-6H3. The second-order valence-corrected chi connectivity index (χ2v) is 16.6. The van der Waals surface area contributed by atoms with E-state index < -0.39 is 0 Å². The molecule has 0 amide bonds. The van der Waals surface area contributed by atoms with Gasteiger partial charge in [0.05, 0.1) is 0 Å². The van der Waals surface area contributed by atoms with E-state index in [0.717, 1.165) is 11.8 Å². The maximum absolute atomic E-state index is 3.04. The summed E-state index contributed by atoms with van der Waals surface area (Å²) < 4.78 is 0. The summed E-state index contributed by atoms with van der Waals surface area (Å²) in [5.41, 5.74) is 0. The molecule has 2 atom stereocenters. The van der Waals surface area contributed by atoms with E-state index in [1.807, 2.05) is 0 Å². The molecule has 0 saturated carbocycles. The Balaban J connectivity index is 5.08. The Morgan fingerprint density at radius 3 is 0.854 bits per heavy atom. The van der Waals surface area contributed by atoms with Gasteiger partial charge >= 0.3 is 0 Å². The van der Waals surface area contributed by atoms with Crippen molar-refractivity contribution in [2.45, 2.75) is 246 Å². The largest absolute Gasteiger partial charge is 0.309 e. The van der Waals surface area contributed by atoms with E-state index >= 15 is 0 Å². The van der Waals surface area contributed by atoms with Crippen molar-refractivity contribution < 1.29 is 0 Å². The van der Waals surface area contributed by atoms with Gasteiger partial charge in [0.15, 0.2) is 0 Å². The predicted molar refractivity (Wildman–Crippen MR) is 222 cm³/mol. The average Bonchev–Trinajstić information content (AvgIpc) is 3.07. The summed E-state index contributed by atoms with van der Waals surface area (Å²) in [6.07, 6.45) is 49.2. The van der Waals surface area contributed by atoms with E-state index in [4.69, 9.17) is 0 Å². The molecule has 0 aromatic rings. The second kappa shape index (κ2) is 39.7. The van der Waals surface area contributed by atoms with Gasteiger partial charge in [-0.15, -0.1) is 0 Å². The molecule has 0 bridgehead atoms. The van der Waals surface area contributed by atoms with E-state index in [1.165, 1.54) is 244 Å². The van der Waals surface area contributed by atoms with Crippen LogP contribution >= 0.6 is 0 Å². The van der Waals surface area contributed by atoms with Crippen LogP contribution in [0.5, 0.6) is 0 Å². The molecule has 2 unspecified atom stereocenters. The Kier molecular flexibility index (Phi) is 39.6. The molecule has 0 aromatic carbocycles. The third-order valence-electron chi connectivity index (χ3n) is 11.2. The molecule has 0 rings (SSSR count). The molecule has 48 heavy (non-hydrogen) atoms. The summed E-state index contributed by atoms with van der Waals surface area (Å²) in [4.78, 5) is 5.37. The minimum Gasteiger partial charge on any atom is -0.309 e. The lowest BCUT2D eigenvalue weighted by Crippen LogP contribution is -2.35. The fourth-order valence-electron chi connectivity index (χ4n) is 7.97. The zero-order valence-corrected chi connectivity index (χ0v) is 34.9. The first-order valence-corrected chi connectivity index (χ1v) is 22.9. The van der Waals surface area contributed by atoms with Gasteiger partial charge in [-0.05, 0) is 77.5 Å². The third-order valence-corrected chi connectivity index (χ3v) is 11.2. The van der Waals surface area contributed by atoms with Gasteiger partial charge in [-0.1, -0.05) is 207 Å². The summed E-state index contributed by atoms with van der Waals surface area (Å²) in [5.74, 6) is 1.86. The number of hydrogen-bond donors (Lipinski definition) is 0. The Morgan fingerprint density at radius 1 is 0.292 bits per heavy atom. The number of nitrogens with zero attached hydrogens (tertiary/aromatic N) is 2. The van der Waals surface area contributed by atoms with E-state index in [1.54, 1.807) is 0 Å². The normalized spacial score (nSPS) is 13.2. The van der Waals surface area contributed by atoms with Crippen molar-refractivity contribution in [3.05, 3.63) is 0 Å². The first-order chi connectivity index (χ1) is 23.6. The lowest BCUT2D eigenvalue weighted by atomic mass is 9.91. The van der Waals surface area contributed by atoms with E-state index in [2.05, 4.69) is 51.6 Å². The van der Waals surface area contributed by atoms with Crippen molar-refractivity contribution in [2.75, 3.05) is 40.3 Å². The van der Waals surface area contributed by atoms with Crippen molar-refractivity contribution in [2.24, 2.45) is 11.8 Å². The predicted octanol–water partition coefficient (Wildman–Crippen LogP) is 15.4. The van der Waals surface area contributed by atoms with E-state index in [9.17, 15) is 0 Å². The maximum Gasteiger partial charge on any atom is 0.000977 e. The van der Waals surface area contributed by atoms with Gasteiger partial charge in [0.2, 0.25) is 0 Å². The molecular formula is C46H96N2.